The van der Waals surface area contributed by atoms with E-state index in [-0.39, 0.29) is 18.7 Å². The number of amides is 1. The highest BCUT2D eigenvalue weighted by molar-refractivity contribution is 5.80. The van der Waals surface area contributed by atoms with Crippen molar-refractivity contribution >= 4 is 11.9 Å². The molecule has 118 valence electrons. The van der Waals surface area contributed by atoms with Gasteiger partial charge in [-0.3, -0.25) is 9.59 Å². The predicted octanol–water partition coefficient (Wildman–Crippen LogP) is 2.73. The number of carboxylic acids is 1. The summed E-state index contributed by atoms with van der Waals surface area (Å²) < 4.78 is 5.79. The number of aliphatic carboxylic acids is 1. The Bertz CT molecular complexity index is 269. The number of ether oxygens (including phenoxy) is 1. The zero-order valence-electron chi connectivity index (χ0n) is 12.8. The summed E-state index contributed by atoms with van der Waals surface area (Å²) in [6.07, 6.45) is 6.67. The van der Waals surface area contributed by atoms with Crippen LogP contribution < -0.4 is 5.32 Å². The zero-order chi connectivity index (χ0) is 15.2. The summed E-state index contributed by atoms with van der Waals surface area (Å²) in [4.78, 5) is 21.5. The van der Waals surface area contributed by atoms with Crippen molar-refractivity contribution in [3.63, 3.8) is 0 Å². The van der Waals surface area contributed by atoms with E-state index in [1.165, 1.54) is 12.8 Å². The van der Waals surface area contributed by atoms with Gasteiger partial charge in [-0.1, -0.05) is 26.7 Å². The molecule has 1 unspecified atom stereocenters. The second-order valence-corrected chi connectivity index (χ2v) is 4.99. The number of hydrogen-bond acceptors (Lipinski definition) is 3. The molecule has 0 radical (unpaired) electrons. The molecule has 0 aromatic rings. The summed E-state index contributed by atoms with van der Waals surface area (Å²) >= 11 is 0. The van der Waals surface area contributed by atoms with Crippen molar-refractivity contribution in [2.45, 2.75) is 71.3 Å². The highest BCUT2D eigenvalue weighted by atomic mass is 16.5. The summed E-state index contributed by atoms with van der Waals surface area (Å²) in [6, 6.07) is 0. The molecule has 0 heterocycles. The molecule has 0 aliphatic rings. The van der Waals surface area contributed by atoms with Crippen LogP contribution in [0.15, 0.2) is 0 Å². The summed E-state index contributed by atoms with van der Waals surface area (Å²) in [5, 5.41) is 11.2. The van der Waals surface area contributed by atoms with Gasteiger partial charge in [-0.15, -0.1) is 0 Å². The fourth-order valence-corrected chi connectivity index (χ4v) is 1.85. The molecule has 1 amide bonds. The molecule has 20 heavy (non-hydrogen) atoms. The van der Waals surface area contributed by atoms with Gasteiger partial charge in [0.15, 0.2) is 0 Å². The molecular formula is C15H29NO4. The number of rotatable bonds is 13. The molecular weight excluding hydrogens is 258 g/mol. The quantitative estimate of drug-likeness (QED) is 0.511. The van der Waals surface area contributed by atoms with Gasteiger partial charge in [0, 0.05) is 19.6 Å². The van der Waals surface area contributed by atoms with Gasteiger partial charge in [-0.05, 0) is 25.7 Å². The van der Waals surface area contributed by atoms with Gasteiger partial charge < -0.3 is 15.2 Å². The largest absolute Gasteiger partial charge is 0.481 e. The van der Waals surface area contributed by atoms with Gasteiger partial charge in [0.05, 0.1) is 12.5 Å². The number of hydrogen-bond donors (Lipinski definition) is 2. The Hall–Kier alpha value is -1.10. The maximum Gasteiger partial charge on any atom is 0.303 e. The van der Waals surface area contributed by atoms with Crippen LogP contribution in [0.1, 0.15) is 65.2 Å². The average molecular weight is 287 g/mol. The Morgan fingerprint density at radius 2 is 1.90 bits per heavy atom. The van der Waals surface area contributed by atoms with Crippen molar-refractivity contribution in [1.29, 1.82) is 0 Å². The van der Waals surface area contributed by atoms with E-state index >= 15 is 0 Å². The van der Waals surface area contributed by atoms with Gasteiger partial charge >= 0.3 is 5.97 Å². The van der Waals surface area contributed by atoms with Crippen LogP contribution in [0.2, 0.25) is 0 Å². The lowest BCUT2D eigenvalue weighted by atomic mass is 10.1. The SMILES string of the molecule is CCCCC(CC)OCCCCNC(=O)CCC(=O)O. The smallest absolute Gasteiger partial charge is 0.303 e. The Labute approximate surface area is 122 Å². The molecule has 1 atom stereocenters. The average Bonchev–Trinajstić information content (AvgIpc) is 2.43. The van der Waals surface area contributed by atoms with Crippen LogP contribution in [0.25, 0.3) is 0 Å². The molecule has 0 saturated carbocycles. The van der Waals surface area contributed by atoms with E-state index in [0.29, 0.717) is 12.6 Å². The summed E-state index contributed by atoms with van der Waals surface area (Å²) in [5.74, 6) is -1.13. The first-order valence-electron chi connectivity index (χ1n) is 7.70. The van der Waals surface area contributed by atoms with Crippen LogP contribution >= 0.6 is 0 Å². The lowest BCUT2D eigenvalue weighted by Crippen LogP contribution is -2.25. The number of carbonyl (C=O) groups is 2. The van der Waals surface area contributed by atoms with Gasteiger partial charge in [0.1, 0.15) is 0 Å². The normalized spacial score (nSPS) is 12.1. The minimum atomic E-state index is -0.939. The second-order valence-electron chi connectivity index (χ2n) is 4.99. The summed E-state index contributed by atoms with van der Waals surface area (Å²) in [6.45, 7) is 5.64. The molecule has 2 N–H and O–H groups in total. The van der Waals surface area contributed by atoms with Crippen molar-refractivity contribution < 1.29 is 19.4 Å². The predicted molar refractivity (Wildman–Crippen MR) is 78.7 cm³/mol. The molecule has 0 aromatic carbocycles. The lowest BCUT2D eigenvalue weighted by molar-refractivity contribution is -0.138. The van der Waals surface area contributed by atoms with Gasteiger partial charge in [-0.25, -0.2) is 0 Å². The summed E-state index contributed by atoms with van der Waals surface area (Å²) in [5.41, 5.74) is 0. The Balaban J connectivity index is 3.42. The zero-order valence-corrected chi connectivity index (χ0v) is 12.8. The summed E-state index contributed by atoms with van der Waals surface area (Å²) in [7, 11) is 0. The highest BCUT2D eigenvalue weighted by Gasteiger charge is 2.06. The third kappa shape index (κ3) is 12.0. The third-order valence-corrected chi connectivity index (χ3v) is 3.15. The molecule has 0 fully saturated rings. The van der Waals surface area contributed by atoms with Gasteiger partial charge in [0.2, 0.25) is 5.91 Å². The van der Waals surface area contributed by atoms with Crippen molar-refractivity contribution in [1.82, 2.24) is 5.32 Å². The van der Waals surface area contributed by atoms with Crippen LogP contribution in [0, 0.1) is 0 Å². The van der Waals surface area contributed by atoms with Crippen molar-refractivity contribution in [3.8, 4) is 0 Å². The van der Waals surface area contributed by atoms with E-state index in [9.17, 15) is 9.59 Å². The standard InChI is InChI=1S/C15H29NO4/c1-3-5-8-13(4-2)20-12-7-6-11-16-14(17)9-10-15(18)19/h13H,3-12H2,1-2H3,(H,16,17)(H,18,19). The molecule has 0 aliphatic carbocycles. The molecule has 0 bridgehead atoms. The maximum atomic E-state index is 11.2. The van der Waals surface area contributed by atoms with E-state index in [1.807, 2.05) is 0 Å². The molecule has 0 rings (SSSR count). The molecule has 5 nitrogen and oxygen atoms in total. The fourth-order valence-electron chi connectivity index (χ4n) is 1.85. The molecule has 0 spiro atoms. The third-order valence-electron chi connectivity index (χ3n) is 3.15. The molecule has 5 heteroatoms. The molecule has 0 aliphatic heterocycles. The van der Waals surface area contributed by atoms with Gasteiger partial charge in [-0.2, -0.15) is 0 Å². The van der Waals surface area contributed by atoms with Crippen molar-refractivity contribution in [3.05, 3.63) is 0 Å². The topological polar surface area (TPSA) is 75.6 Å². The van der Waals surface area contributed by atoms with E-state index < -0.39 is 5.97 Å². The monoisotopic (exact) mass is 287 g/mol. The molecule has 0 aromatic heterocycles. The van der Waals surface area contributed by atoms with Crippen LogP contribution in [0.3, 0.4) is 0 Å². The molecule has 0 saturated heterocycles. The van der Waals surface area contributed by atoms with Crippen molar-refractivity contribution in [2.24, 2.45) is 0 Å². The number of carboxylic acid groups (broad SMARTS) is 1. The van der Waals surface area contributed by atoms with Crippen LogP contribution in [0.4, 0.5) is 0 Å². The van der Waals surface area contributed by atoms with E-state index in [1.54, 1.807) is 0 Å². The maximum absolute atomic E-state index is 11.2. The van der Waals surface area contributed by atoms with E-state index in [4.69, 9.17) is 9.84 Å². The second kappa shape index (κ2) is 12.9. The van der Waals surface area contributed by atoms with Crippen LogP contribution in [-0.2, 0) is 14.3 Å². The van der Waals surface area contributed by atoms with E-state index in [0.717, 1.165) is 32.3 Å². The van der Waals surface area contributed by atoms with Gasteiger partial charge in [0.25, 0.3) is 0 Å². The first-order chi connectivity index (χ1) is 9.60. The Kier molecular flexibility index (Phi) is 12.2. The highest BCUT2D eigenvalue weighted by Crippen LogP contribution is 2.09. The van der Waals surface area contributed by atoms with E-state index in [2.05, 4.69) is 19.2 Å². The number of unbranched alkanes of at least 4 members (excludes halogenated alkanes) is 2. The first kappa shape index (κ1) is 18.9. The minimum Gasteiger partial charge on any atom is -0.481 e. The fraction of sp³-hybridized carbons (Fsp3) is 0.867. The Morgan fingerprint density at radius 1 is 1.15 bits per heavy atom. The number of carbonyl (C=O) groups excluding carboxylic acids is 1. The Morgan fingerprint density at radius 3 is 2.50 bits per heavy atom. The van der Waals surface area contributed by atoms with Crippen LogP contribution in [0.5, 0.6) is 0 Å². The lowest BCUT2D eigenvalue weighted by Gasteiger charge is -2.15. The van der Waals surface area contributed by atoms with Crippen LogP contribution in [-0.4, -0.2) is 36.2 Å². The minimum absolute atomic E-state index is 0.0563. The van der Waals surface area contributed by atoms with Crippen molar-refractivity contribution in [2.75, 3.05) is 13.2 Å². The first-order valence-corrected chi connectivity index (χ1v) is 7.70. The number of nitrogens with one attached hydrogen (secondary N) is 1.